The van der Waals surface area contributed by atoms with Gasteiger partial charge in [0.05, 0.1) is 0 Å². The number of aliphatic carboxylic acids is 1. The highest BCUT2D eigenvalue weighted by Crippen LogP contribution is 2.44. The van der Waals surface area contributed by atoms with E-state index in [4.69, 9.17) is 4.74 Å². The van der Waals surface area contributed by atoms with Gasteiger partial charge in [-0.1, -0.05) is 68.5 Å². The van der Waals surface area contributed by atoms with E-state index in [-0.39, 0.29) is 24.9 Å². The summed E-state index contributed by atoms with van der Waals surface area (Å²) in [6, 6.07) is 14.1. The molecular weight excluding hydrogens is 432 g/mol. The van der Waals surface area contributed by atoms with Crippen LogP contribution in [0.5, 0.6) is 0 Å². The van der Waals surface area contributed by atoms with E-state index in [2.05, 4.69) is 29.3 Å². The maximum Gasteiger partial charge on any atom is 0.407 e. The minimum atomic E-state index is -1.11. The number of alkyl carbamates (subject to hydrolysis) is 1. The maximum absolute atomic E-state index is 12.8. The van der Waals surface area contributed by atoms with Crippen molar-refractivity contribution >= 4 is 18.0 Å². The molecule has 2 atom stereocenters. The van der Waals surface area contributed by atoms with Gasteiger partial charge >= 0.3 is 12.1 Å². The molecule has 0 saturated heterocycles. The Hall–Kier alpha value is -3.61. The first-order valence-corrected chi connectivity index (χ1v) is 11.6. The number of ether oxygens (including phenoxy) is 1. The van der Waals surface area contributed by atoms with Crippen molar-refractivity contribution in [1.29, 1.82) is 0 Å². The zero-order chi connectivity index (χ0) is 24.7. The third kappa shape index (κ3) is 6.04. The van der Waals surface area contributed by atoms with Gasteiger partial charge in [-0.15, -0.1) is 6.58 Å². The lowest BCUT2D eigenvalue weighted by Gasteiger charge is -2.22. The topological polar surface area (TPSA) is 105 Å². The van der Waals surface area contributed by atoms with Crippen LogP contribution < -0.4 is 10.6 Å². The molecule has 0 heterocycles. The van der Waals surface area contributed by atoms with E-state index < -0.39 is 30.1 Å². The van der Waals surface area contributed by atoms with Crippen molar-refractivity contribution < 1.29 is 24.2 Å². The summed E-state index contributed by atoms with van der Waals surface area (Å²) in [6.45, 7) is 7.55. The smallest absolute Gasteiger partial charge is 0.407 e. The predicted octanol–water partition coefficient (Wildman–Crippen LogP) is 4.48. The average Bonchev–Trinajstić information content (AvgIpc) is 3.13. The highest BCUT2D eigenvalue weighted by molar-refractivity contribution is 5.89. The Balaban J connectivity index is 1.65. The normalized spacial score (nSPS) is 14.0. The number of benzene rings is 2. The van der Waals surface area contributed by atoms with Gasteiger partial charge in [-0.2, -0.15) is 0 Å². The van der Waals surface area contributed by atoms with Crippen LogP contribution >= 0.6 is 0 Å². The van der Waals surface area contributed by atoms with Crippen LogP contribution in [-0.2, 0) is 14.3 Å². The molecule has 0 saturated carbocycles. The number of hydrogen-bond donors (Lipinski definition) is 3. The Bertz CT molecular complexity index is 1000. The minimum Gasteiger partial charge on any atom is -0.480 e. The molecule has 180 valence electrons. The Morgan fingerprint density at radius 1 is 1.00 bits per heavy atom. The molecule has 7 heteroatoms. The van der Waals surface area contributed by atoms with E-state index in [1.165, 1.54) is 0 Å². The number of carboxylic acid groups (broad SMARTS) is 1. The van der Waals surface area contributed by atoms with Gasteiger partial charge in [-0.3, -0.25) is 4.79 Å². The molecule has 0 fully saturated rings. The first-order chi connectivity index (χ1) is 16.3. The number of fused-ring (bicyclic) bond motifs is 3. The van der Waals surface area contributed by atoms with Crippen LogP contribution in [0.2, 0.25) is 0 Å². The lowest BCUT2D eigenvalue weighted by molar-refractivity contribution is -0.142. The molecule has 0 bridgehead atoms. The zero-order valence-electron chi connectivity index (χ0n) is 19.6. The van der Waals surface area contributed by atoms with Crippen molar-refractivity contribution in [2.75, 3.05) is 6.61 Å². The second kappa shape index (κ2) is 11.5. The molecule has 34 heavy (non-hydrogen) atoms. The fraction of sp³-hybridized carbons (Fsp3) is 0.370. The molecule has 3 rings (SSSR count). The minimum absolute atomic E-state index is 0.0862. The van der Waals surface area contributed by atoms with Crippen LogP contribution in [0, 0.1) is 5.92 Å². The lowest BCUT2D eigenvalue weighted by Crippen LogP contribution is -2.52. The van der Waals surface area contributed by atoms with Crippen LogP contribution in [0.1, 0.15) is 50.2 Å². The molecule has 1 aliphatic carbocycles. The first-order valence-electron chi connectivity index (χ1n) is 11.6. The number of carboxylic acids is 1. The number of allylic oxidation sites excluding steroid dienone is 1. The number of amides is 2. The van der Waals surface area contributed by atoms with E-state index in [9.17, 15) is 19.5 Å². The number of nitrogens with one attached hydrogen (secondary N) is 2. The molecule has 0 radical (unpaired) electrons. The average molecular weight is 465 g/mol. The standard InChI is InChI=1S/C27H32N2O5/c1-4-5-14-23(25(30)28-24(26(31)32)15-17(2)3)29-27(33)34-16-22-20-12-8-6-10-18(20)19-11-7-9-13-21(19)22/h4,6-13,17,22-24H,1,5,14-16H2,2-3H3,(H,28,30)(H,29,33)(H,31,32)/t23?,24-/m0/s1. The summed E-state index contributed by atoms with van der Waals surface area (Å²) < 4.78 is 5.55. The van der Waals surface area contributed by atoms with E-state index in [1.807, 2.05) is 50.2 Å². The van der Waals surface area contributed by atoms with Gasteiger partial charge in [-0.25, -0.2) is 9.59 Å². The molecule has 7 nitrogen and oxygen atoms in total. The largest absolute Gasteiger partial charge is 0.480 e. The molecule has 1 aliphatic rings. The summed E-state index contributed by atoms with van der Waals surface area (Å²) >= 11 is 0. The highest BCUT2D eigenvalue weighted by Gasteiger charge is 2.30. The van der Waals surface area contributed by atoms with Gasteiger partial charge in [0.15, 0.2) is 0 Å². The maximum atomic E-state index is 12.8. The van der Waals surface area contributed by atoms with Crippen LogP contribution in [0.4, 0.5) is 4.79 Å². The third-order valence-corrected chi connectivity index (χ3v) is 5.93. The molecular formula is C27H32N2O5. The van der Waals surface area contributed by atoms with Crippen LogP contribution in [-0.4, -0.2) is 41.8 Å². The SMILES string of the molecule is C=CCCC(NC(=O)OCC1c2ccccc2-c2ccccc21)C(=O)N[C@@H](CC(C)C)C(=O)O. The Labute approximate surface area is 200 Å². The molecule has 2 aromatic carbocycles. The molecule has 2 aromatic rings. The van der Waals surface area contributed by atoms with Gasteiger partial charge in [0.2, 0.25) is 5.91 Å². The number of carbonyl (C=O) groups excluding carboxylic acids is 2. The van der Waals surface area contributed by atoms with Crippen molar-refractivity contribution in [2.45, 2.75) is 51.1 Å². The molecule has 2 amide bonds. The molecule has 0 spiro atoms. The van der Waals surface area contributed by atoms with Gasteiger partial charge in [0, 0.05) is 5.92 Å². The summed E-state index contributed by atoms with van der Waals surface area (Å²) in [6.07, 6.45) is 1.97. The van der Waals surface area contributed by atoms with E-state index >= 15 is 0 Å². The number of carbonyl (C=O) groups is 3. The summed E-state index contributed by atoms with van der Waals surface area (Å²) in [5, 5.41) is 14.6. The quantitative estimate of drug-likeness (QED) is 0.426. The summed E-state index contributed by atoms with van der Waals surface area (Å²) in [7, 11) is 0. The van der Waals surface area contributed by atoms with E-state index in [0.717, 1.165) is 22.3 Å². The van der Waals surface area contributed by atoms with Crippen LogP contribution in [0.15, 0.2) is 61.2 Å². The van der Waals surface area contributed by atoms with Crippen LogP contribution in [0.25, 0.3) is 11.1 Å². The number of rotatable bonds is 11. The fourth-order valence-corrected chi connectivity index (χ4v) is 4.30. The lowest BCUT2D eigenvalue weighted by atomic mass is 9.98. The molecule has 1 unspecified atom stereocenters. The summed E-state index contributed by atoms with van der Waals surface area (Å²) in [5.74, 6) is -1.67. The van der Waals surface area contributed by atoms with E-state index in [1.54, 1.807) is 6.08 Å². The van der Waals surface area contributed by atoms with Crippen molar-refractivity contribution in [3.05, 3.63) is 72.3 Å². The number of hydrogen-bond acceptors (Lipinski definition) is 4. The Morgan fingerprint density at radius 3 is 2.12 bits per heavy atom. The second-order valence-corrected chi connectivity index (χ2v) is 8.92. The predicted molar refractivity (Wildman–Crippen MR) is 130 cm³/mol. The highest BCUT2D eigenvalue weighted by atomic mass is 16.5. The molecule has 0 aliphatic heterocycles. The molecule has 3 N–H and O–H groups in total. The van der Waals surface area contributed by atoms with E-state index in [0.29, 0.717) is 12.8 Å². The van der Waals surface area contributed by atoms with Crippen molar-refractivity contribution in [1.82, 2.24) is 10.6 Å². The van der Waals surface area contributed by atoms with Crippen molar-refractivity contribution in [3.63, 3.8) is 0 Å². The summed E-state index contributed by atoms with van der Waals surface area (Å²) in [4.78, 5) is 37.0. The fourth-order valence-electron chi connectivity index (χ4n) is 4.30. The van der Waals surface area contributed by atoms with Crippen LogP contribution in [0.3, 0.4) is 0 Å². The van der Waals surface area contributed by atoms with Gasteiger partial charge in [0.25, 0.3) is 0 Å². The Kier molecular flexibility index (Phi) is 8.46. The third-order valence-electron chi connectivity index (χ3n) is 5.93. The van der Waals surface area contributed by atoms with Gasteiger partial charge < -0.3 is 20.5 Å². The second-order valence-electron chi connectivity index (χ2n) is 8.92. The van der Waals surface area contributed by atoms with Crippen molar-refractivity contribution in [3.8, 4) is 11.1 Å². The Morgan fingerprint density at radius 2 is 1.59 bits per heavy atom. The van der Waals surface area contributed by atoms with Gasteiger partial charge in [0.1, 0.15) is 18.7 Å². The first kappa shape index (κ1) is 25.0. The monoisotopic (exact) mass is 464 g/mol. The van der Waals surface area contributed by atoms with Gasteiger partial charge in [-0.05, 0) is 47.4 Å². The summed E-state index contributed by atoms with van der Waals surface area (Å²) in [5.41, 5.74) is 4.44. The zero-order valence-corrected chi connectivity index (χ0v) is 19.6. The molecule has 0 aromatic heterocycles. The van der Waals surface area contributed by atoms with Crippen molar-refractivity contribution in [2.24, 2.45) is 5.92 Å².